The molecule has 0 bridgehead atoms. The summed E-state index contributed by atoms with van der Waals surface area (Å²) in [7, 11) is 0. The van der Waals surface area contributed by atoms with Gasteiger partial charge in [-0.05, 0) is 30.9 Å². The number of benzene rings is 1. The lowest BCUT2D eigenvalue weighted by molar-refractivity contribution is 0.466. The van der Waals surface area contributed by atoms with E-state index in [1.54, 1.807) is 6.07 Å². The molecule has 0 saturated heterocycles. The minimum Gasteiger partial charge on any atom is -0.508 e. The fourth-order valence-corrected chi connectivity index (χ4v) is 1.79. The zero-order valence-corrected chi connectivity index (χ0v) is 10.1. The molecule has 1 unspecified atom stereocenters. The molecule has 1 rings (SSSR count). The first kappa shape index (κ1) is 11.6. The minimum atomic E-state index is 0.430. The highest BCUT2D eigenvalue weighted by Gasteiger charge is 2.00. The molecule has 0 aliphatic carbocycles. The second-order valence-corrected chi connectivity index (χ2v) is 5.22. The lowest BCUT2D eigenvalue weighted by Gasteiger charge is -2.05. The van der Waals surface area contributed by atoms with Crippen LogP contribution in [0.25, 0.3) is 0 Å². The number of alkyl halides is 1. The van der Waals surface area contributed by atoms with Gasteiger partial charge < -0.3 is 5.11 Å². The quantitative estimate of drug-likeness (QED) is 0.626. The Kier molecular flexibility index (Phi) is 5.02. The van der Waals surface area contributed by atoms with Crippen LogP contribution in [0.2, 0.25) is 0 Å². The molecule has 2 heteroatoms. The number of aromatic hydroxyl groups is 1. The van der Waals surface area contributed by atoms with Crippen LogP contribution in [0.5, 0.6) is 5.75 Å². The molecule has 0 amide bonds. The Balaban J connectivity index is 2.28. The number of unbranched alkanes of at least 4 members (excludes halogenated alkanes) is 1. The summed E-state index contributed by atoms with van der Waals surface area (Å²) in [6, 6.07) is 7.58. The van der Waals surface area contributed by atoms with Crippen LogP contribution >= 0.6 is 15.9 Å². The molecule has 0 fully saturated rings. The van der Waals surface area contributed by atoms with Crippen LogP contribution in [0, 0.1) is 0 Å². The van der Waals surface area contributed by atoms with Crippen molar-refractivity contribution >= 4 is 15.9 Å². The van der Waals surface area contributed by atoms with Crippen molar-refractivity contribution in [3.05, 3.63) is 29.8 Å². The third kappa shape index (κ3) is 4.14. The van der Waals surface area contributed by atoms with E-state index in [2.05, 4.69) is 22.9 Å². The number of aryl methyl sites for hydroxylation is 1. The van der Waals surface area contributed by atoms with Crippen LogP contribution in [0.3, 0.4) is 0 Å². The van der Waals surface area contributed by atoms with E-state index in [9.17, 15) is 5.11 Å². The molecule has 0 spiro atoms. The van der Waals surface area contributed by atoms with Crippen LogP contribution in [-0.2, 0) is 6.42 Å². The molecule has 1 atom stereocenters. The fraction of sp³-hybridized carbons (Fsp3) is 0.500. The predicted octanol–water partition coefficient (Wildman–Crippen LogP) is 3.89. The van der Waals surface area contributed by atoms with Crippen molar-refractivity contribution in [2.75, 3.05) is 0 Å². The van der Waals surface area contributed by atoms with Crippen molar-refractivity contribution in [1.82, 2.24) is 0 Å². The van der Waals surface area contributed by atoms with Crippen molar-refractivity contribution < 1.29 is 5.11 Å². The van der Waals surface area contributed by atoms with E-state index in [1.807, 2.05) is 18.2 Å². The molecule has 0 heterocycles. The van der Waals surface area contributed by atoms with Crippen molar-refractivity contribution in [2.45, 2.75) is 37.4 Å². The molecule has 0 saturated carbocycles. The maximum Gasteiger partial charge on any atom is 0.118 e. The number of halogens is 1. The Morgan fingerprint density at radius 2 is 2.00 bits per heavy atom. The summed E-state index contributed by atoms with van der Waals surface area (Å²) in [5.41, 5.74) is 1.06. The lowest BCUT2D eigenvalue weighted by Crippen LogP contribution is -1.91. The standard InChI is InChI=1S/C12H17BrO/c1-10(13)6-2-3-7-11-8-4-5-9-12(11)14/h4-5,8-10,14H,2-3,6-7H2,1H3. The highest BCUT2D eigenvalue weighted by molar-refractivity contribution is 9.09. The summed E-state index contributed by atoms with van der Waals surface area (Å²) in [6.07, 6.45) is 4.54. The predicted molar refractivity (Wildman–Crippen MR) is 64.1 cm³/mol. The second-order valence-electron chi connectivity index (χ2n) is 3.66. The van der Waals surface area contributed by atoms with Crippen molar-refractivity contribution in [1.29, 1.82) is 0 Å². The molecule has 1 nitrogen and oxygen atoms in total. The molecule has 1 aromatic rings. The molecule has 0 aliphatic rings. The number of hydrogen-bond donors (Lipinski definition) is 1. The van der Waals surface area contributed by atoms with Gasteiger partial charge in [-0.25, -0.2) is 0 Å². The average Bonchev–Trinajstić information content (AvgIpc) is 2.15. The van der Waals surface area contributed by atoms with Crippen LogP contribution in [0.4, 0.5) is 0 Å². The molecule has 1 N–H and O–H groups in total. The largest absolute Gasteiger partial charge is 0.508 e. The first-order chi connectivity index (χ1) is 6.70. The minimum absolute atomic E-state index is 0.430. The highest BCUT2D eigenvalue weighted by Crippen LogP contribution is 2.19. The van der Waals surface area contributed by atoms with Gasteiger partial charge in [-0.1, -0.05) is 47.5 Å². The van der Waals surface area contributed by atoms with Gasteiger partial charge in [0, 0.05) is 4.83 Å². The van der Waals surface area contributed by atoms with Gasteiger partial charge in [0.1, 0.15) is 5.75 Å². The molecule has 78 valence electrons. The van der Waals surface area contributed by atoms with E-state index in [-0.39, 0.29) is 0 Å². The van der Waals surface area contributed by atoms with Gasteiger partial charge in [0.05, 0.1) is 0 Å². The SMILES string of the molecule is CC(Br)CCCCc1ccccc1O. The third-order valence-electron chi connectivity index (χ3n) is 2.29. The Bertz CT molecular complexity index is 271. The molecular weight excluding hydrogens is 240 g/mol. The topological polar surface area (TPSA) is 20.2 Å². The van der Waals surface area contributed by atoms with Gasteiger partial charge in [-0.15, -0.1) is 0 Å². The molecule has 0 aromatic heterocycles. The number of rotatable bonds is 5. The summed E-state index contributed by atoms with van der Waals surface area (Å²) in [5.74, 6) is 0.430. The monoisotopic (exact) mass is 256 g/mol. The number of hydrogen-bond acceptors (Lipinski definition) is 1. The normalized spacial score (nSPS) is 12.7. The fourth-order valence-electron chi connectivity index (χ4n) is 1.46. The molecule has 0 aliphatic heterocycles. The average molecular weight is 257 g/mol. The second kappa shape index (κ2) is 6.07. The number of phenols is 1. The van der Waals surface area contributed by atoms with E-state index in [4.69, 9.17) is 0 Å². The summed E-state index contributed by atoms with van der Waals surface area (Å²) >= 11 is 3.53. The Labute approximate surface area is 94.3 Å². The Morgan fingerprint density at radius 3 is 2.64 bits per heavy atom. The van der Waals surface area contributed by atoms with Gasteiger partial charge in [-0.2, -0.15) is 0 Å². The maximum atomic E-state index is 9.51. The van der Waals surface area contributed by atoms with E-state index in [1.165, 1.54) is 12.8 Å². The number of para-hydroxylation sites is 1. The third-order valence-corrected chi connectivity index (χ3v) is 2.75. The van der Waals surface area contributed by atoms with Crippen molar-refractivity contribution in [3.8, 4) is 5.75 Å². The van der Waals surface area contributed by atoms with Crippen molar-refractivity contribution in [2.24, 2.45) is 0 Å². The van der Waals surface area contributed by atoms with Gasteiger partial charge in [-0.3, -0.25) is 0 Å². The highest BCUT2D eigenvalue weighted by atomic mass is 79.9. The molecule has 1 aromatic carbocycles. The van der Waals surface area contributed by atoms with E-state index >= 15 is 0 Å². The van der Waals surface area contributed by atoms with Crippen LogP contribution in [0.1, 0.15) is 31.7 Å². The summed E-state index contributed by atoms with van der Waals surface area (Å²) < 4.78 is 0. The van der Waals surface area contributed by atoms with Gasteiger partial charge >= 0.3 is 0 Å². The zero-order chi connectivity index (χ0) is 10.4. The Morgan fingerprint density at radius 1 is 1.29 bits per heavy atom. The smallest absolute Gasteiger partial charge is 0.118 e. The zero-order valence-electron chi connectivity index (χ0n) is 8.54. The molecule has 14 heavy (non-hydrogen) atoms. The summed E-state index contributed by atoms with van der Waals surface area (Å²) in [5, 5.41) is 9.51. The van der Waals surface area contributed by atoms with Crippen LogP contribution < -0.4 is 0 Å². The number of phenolic OH excluding ortho intramolecular Hbond substituents is 1. The summed E-state index contributed by atoms with van der Waals surface area (Å²) in [6.45, 7) is 2.17. The van der Waals surface area contributed by atoms with Crippen LogP contribution in [-0.4, -0.2) is 9.93 Å². The molecule has 0 radical (unpaired) electrons. The van der Waals surface area contributed by atoms with Gasteiger partial charge in [0.25, 0.3) is 0 Å². The van der Waals surface area contributed by atoms with E-state index in [0.717, 1.165) is 18.4 Å². The molecular formula is C12H17BrO. The lowest BCUT2D eigenvalue weighted by atomic mass is 10.1. The maximum absolute atomic E-state index is 9.51. The van der Waals surface area contributed by atoms with Gasteiger partial charge in [0.2, 0.25) is 0 Å². The van der Waals surface area contributed by atoms with E-state index in [0.29, 0.717) is 10.6 Å². The van der Waals surface area contributed by atoms with E-state index < -0.39 is 0 Å². The van der Waals surface area contributed by atoms with Crippen LogP contribution in [0.15, 0.2) is 24.3 Å². The first-order valence-corrected chi connectivity index (χ1v) is 6.02. The summed E-state index contributed by atoms with van der Waals surface area (Å²) in [4.78, 5) is 0.604. The first-order valence-electron chi connectivity index (χ1n) is 5.11. The van der Waals surface area contributed by atoms with Crippen molar-refractivity contribution in [3.63, 3.8) is 0 Å². The Hall–Kier alpha value is -0.500. The van der Waals surface area contributed by atoms with Gasteiger partial charge in [0.15, 0.2) is 0 Å².